The van der Waals surface area contributed by atoms with Crippen LogP contribution in [0.4, 0.5) is 0 Å². The summed E-state index contributed by atoms with van der Waals surface area (Å²) in [7, 11) is 0. The first-order valence-electron chi connectivity index (χ1n) is 4.34. The first-order chi connectivity index (χ1) is 6.90. The third-order valence-corrected chi connectivity index (χ3v) is 2.22. The van der Waals surface area contributed by atoms with Gasteiger partial charge in [-0.05, 0) is 18.2 Å². The van der Waals surface area contributed by atoms with E-state index in [1.54, 1.807) is 0 Å². The fraction of sp³-hybridized carbons (Fsp3) is 0.273. The molecule has 0 unspecified atom stereocenters. The molecule has 0 aromatic heterocycles. The summed E-state index contributed by atoms with van der Waals surface area (Å²) >= 11 is 3.33. The molecule has 0 atom stereocenters. The maximum atomic E-state index is 5.25. The molecular formula is C11H9BrO2. The lowest BCUT2D eigenvalue weighted by molar-refractivity contribution is 0.174. The highest BCUT2D eigenvalue weighted by Crippen LogP contribution is 2.32. The molecule has 1 aliphatic heterocycles. The number of rotatable bonds is 1. The monoisotopic (exact) mass is 252 g/mol. The molecule has 0 fully saturated rings. The highest BCUT2D eigenvalue weighted by molar-refractivity contribution is 9.09. The number of hydrogen-bond donors (Lipinski definition) is 0. The fourth-order valence-corrected chi connectivity index (χ4v) is 1.38. The predicted octanol–water partition coefficient (Wildman–Crippen LogP) is 2.55. The molecule has 0 radical (unpaired) electrons. The Morgan fingerprint density at radius 3 is 3.00 bits per heavy atom. The van der Waals surface area contributed by atoms with E-state index in [9.17, 15) is 0 Å². The van der Waals surface area contributed by atoms with Gasteiger partial charge in [-0.2, -0.15) is 0 Å². The van der Waals surface area contributed by atoms with Gasteiger partial charge < -0.3 is 9.47 Å². The Labute approximate surface area is 91.3 Å². The lowest BCUT2D eigenvalue weighted by atomic mass is 10.2. The maximum absolute atomic E-state index is 5.25. The molecule has 3 heteroatoms. The number of hydrogen-bond acceptors (Lipinski definition) is 2. The highest BCUT2D eigenvalue weighted by Gasteiger charge is 2.12. The van der Waals surface area contributed by atoms with Gasteiger partial charge in [0.2, 0.25) is 6.79 Å². The van der Waals surface area contributed by atoms with Crippen LogP contribution in [-0.2, 0) is 0 Å². The van der Waals surface area contributed by atoms with Crippen molar-refractivity contribution in [2.75, 3.05) is 12.1 Å². The van der Waals surface area contributed by atoms with Crippen LogP contribution in [-0.4, -0.2) is 12.1 Å². The molecule has 1 aromatic rings. The van der Waals surface area contributed by atoms with Crippen molar-refractivity contribution in [2.45, 2.75) is 6.42 Å². The molecule has 0 bridgehead atoms. The second kappa shape index (κ2) is 4.39. The Morgan fingerprint density at radius 2 is 2.14 bits per heavy atom. The molecule has 1 aliphatic rings. The molecule has 2 nitrogen and oxygen atoms in total. The molecule has 1 aromatic carbocycles. The molecular weight excluding hydrogens is 244 g/mol. The molecule has 0 saturated heterocycles. The Bertz CT molecular complexity index is 390. The van der Waals surface area contributed by atoms with Crippen LogP contribution in [0, 0.1) is 11.8 Å². The zero-order valence-electron chi connectivity index (χ0n) is 7.55. The van der Waals surface area contributed by atoms with E-state index in [1.165, 1.54) is 0 Å². The van der Waals surface area contributed by atoms with Crippen molar-refractivity contribution in [2.24, 2.45) is 0 Å². The van der Waals surface area contributed by atoms with E-state index in [-0.39, 0.29) is 0 Å². The number of benzene rings is 1. The molecule has 0 amide bonds. The topological polar surface area (TPSA) is 18.5 Å². The van der Waals surface area contributed by atoms with Gasteiger partial charge in [-0.15, -0.1) is 0 Å². The quantitative estimate of drug-likeness (QED) is 0.565. The fourth-order valence-electron chi connectivity index (χ4n) is 1.19. The summed E-state index contributed by atoms with van der Waals surface area (Å²) < 4.78 is 10.4. The number of fused-ring (bicyclic) bond motifs is 1. The van der Waals surface area contributed by atoms with Gasteiger partial charge in [0.15, 0.2) is 11.5 Å². The van der Waals surface area contributed by atoms with Crippen LogP contribution in [0.5, 0.6) is 11.5 Å². The van der Waals surface area contributed by atoms with Gasteiger partial charge in [-0.1, -0.05) is 27.8 Å². The average Bonchev–Trinajstić information content (AvgIpc) is 2.65. The summed E-state index contributed by atoms with van der Waals surface area (Å²) in [6.07, 6.45) is 0.856. The standard InChI is InChI=1S/C11H9BrO2/c12-6-2-1-3-9-4-5-10-11(7-9)14-8-13-10/h4-5,7H,2,6,8H2. The first-order valence-corrected chi connectivity index (χ1v) is 5.47. The molecule has 2 rings (SSSR count). The van der Waals surface area contributed by atoms with E-state index < -0.39 is 0 Å². The molecule has 0 spiro atoms. The molecule has 0 saturated carbocycles. The van der Waals surface area contributed by atoms with Gasteiger partial charge in [0.05, 0.1) is 0 Å². The molecule has 0 aliphatic carbocycles. The Balaban J connectivity index is 2.18. The number of halogens is 1. The Kier molecular flexibility index (Phi) is 2.95. The van der Waals surface area contributed by atoms with E-state index in [1.807, 2.05) is 18.2 Å². The zero-order chi connectivity index (χ0) is 9.80. The van der Waals surface area contributed by atoms with Crippen LogP contribution in [0.3, 0.4) is 0 Å². The Hall–Kier alpha value is -1.14. The number of ether oxygens (including phenoxy) is 2. The highest BCUT2D eigenvalue weighted by atomic mass is 79.9. The zero-order valence-corrected chi connectivity index (χ0v) is 9.13. The lowest BCUT2D eigenvalue weighted by Gasteiger charge is -1.95. The van der Waals surface area contributed by atoms with Crippen molar-refractivity contribution in [1.29, 1.82) is 0 Å². The van der Waals surface area contributed by atoms with Gasteiger partial charge in [-0.3, -0.25) is 0 Å². The van der Waals surface area contributed by atoms with Crippen molar-refractivity contribution < 1.29 is 9.47 Å². The maximum Gasteiger partial charge on any atom is 0.231 e. The normalized spacial score (nSPS) is 12.1. The minimum atomic E-state index is 0.313. The van der Waals surface area contributed by atoms with Crippen molar-refractivity contribution in [1.82, 2.24) is 0 Å². The minimum absolute atomic E-state index is 0.313. The van der Waals surface area contributed by atoms with E-state index in [0.29, 0.717) is 6.79 Å². The smallest absolute Gasteiger partial charge is 0.231 e. The van der Waals surface area contributed by atoms with Crippen molar-refractivity contribution in [3.63, 3.8) is 0 Å². The van der Waals surface area contributed by atoms with E-state index in [4.69, 9.17) is 9.47 Å². The SMILES string of the molecule is BrCCC#Cc1ccc2c(c1)OCO2. The van der Waals surface area contributed by atoms with Crippen LogP contribution in [0.15, 0.2) is 18.2 Å². The lowest BCUT2D eigenvalue weighted by Crippen LogP contribution is -1.92. The Morgan fingerprint density at radius 1 is 1.29 bits per heavy atom. The van der Waals surface area contributed by atoms with E-state index in [2.05, 4.69) is 27.8 Å². The summed E-state index contributed by atoms with van der Waals surface area (Å²) in [6.45, 7) is 0.313. The van der Waals surface area contributed by atoms with Gasteiger partial charge in [-0.25, -0.2) is 0 Å². The third kappa shape index (κ3) is 2.02. The molecule has 72 valence electrons. The van der Waals surface area contributed by atoms with Crippen molar-refractivity contribution >= 4 is 15.9 Å². The average molecular weight is 253 g/mol. The van der Waals surface area contributed by atoms with Gasteiger partial charge >= 0.3 is 0 Å². The summed E-state index contributed by atoms with van der Waals surface area (Å²) in [4.78, 5) is 0. The molecule has 0 N–H and O–H groups in total. The van der Waals surface area contributed by atoms with Crippen LogP contribution in [0.2, 0.25) is 0 Å². The summed E-state index contributed by atoms with van der Waals surface area (Å²) in [6, 6.07) is 5.73. The van der Waals surface area contributed by atoms with E-state index in [0.717, 1.165) is 28.8 Å². The van der Waals surface area contributed by atoms with Gasteiger partial charge in [0, 0.05) is 17.3 Å². The molecule has 14 heavy (non-hydrogen) atoms. The van der Waals surface area contributed by atoms with Crippen LogP contribution in [0.25, 0.3) is 0 Å². The summed E-state index contributed by atoms with van der Waals surface area (Å²) in [5, 5.41) is 0.907. The first kappa shape index (κ1) is 9.42. The predicted molar refractivity (Wildman–Crippen MR) is 57.9 cm³/mol. The van der Waals surface area contributed by atoms with Crippen molar-refractivity contribution in [3.05, 3.63) is 23.8 Å². The summed E-state index contributed by atoms with van der Waals surface area (Å²) in [5.74, 6) is 7.70. The molecule has 1 heterocycles. The third-order valence-electron chi connectivity index (χ3n) is 1.82. The summed E-state index contributed by atoms with van der Waals surface area (Å²) in [5.41, 5.74) is 0.968. The number of alkyl halides is 1. The second-order valence-corrected chi connectivity index (χ2v) is 3.60. The minimum Gasteiger partial charge on any atom is -0.454 e. The van der Waals surface area contributed by atoms with Gasteiger partial charge in [0.25, 0.3) is 0 Å². The van der Waals surface area contributed by atoms with Gasteiger partial charge in [0.1, 0.15) is 0 Å². The second-order valence-electron chi connectivity index (χ2n) is 2.81. The van der Waals surface area contributed by atoms with Crippen LogP contribution < -0.4 is 9.47 Å². The van der Waals surface area contributed by atoms with E-state index >= 15 is 0 Å². The van der Waals surface area contributed by atoms with Crippen LogP contribution >= 0.6 is 15.9 Å². The largest absolute Gasteiger partial charge is 0.454 e. The van der Waals surface area contributed by atoms with Crippen LogP contribution in [0.1, 0.15) is 12.0 Å². The van der Waals surface area contributed by atoms with Crippen molar-refractivity contribution in [3.8, 4) is 23.3 Å².